The molecule has 0 saturated carbocycles. The average Bonchev–Trinajstić information content (AvgIpc) is 2.38. The van der Waals surface area contributed by atoms with E-state index in [2.05, 4.69) is 17.2 Å². The molecule has 0 aliphatic heterocycles. The summed E-state index contributed by atoms with van der Waals surface area (Å²) in [6.45, 7) is 3.43. The summed E-state index contributed by atoms with van der Waals surface area (Å²) in [6, 6.07) is 3.41. The summed E-state index contributed by atoms with van der Waals surface area (Å²) >= 11 is 5.92. The molecule has 1 heterocycles. The standard InChI is InChI=1S/C14H21ClN2O2/c1-3-6-12-9-11(10-13(15)17-12)14(18)16-7-4-5-8-19-2/h9-10H,3-8H2,1-2H3,(H,16,18). The molecule has 0 aliphatic rings. The number of carbonyl (C=O) groups is 1. The van der Waals surface area contributed by atoms with E-state index in [1.807, 2.05) is 0 Å². The van der Waals surface area contributed by atoms with Crippen molar-refractivity contribution in [2.45, 2.75) is 32.6 Å². The minimum absolute atomic E-state index is 0.0981. The van der Waals surface area contributed by atoms with Crippen molar-refractivity contribution in [3.8, 4) is 0 Å². The monoisotopic (exact) mass is 284 g/mol. The quantitative estimate of drug-likeness (QED) is 0.590. The molecule has 4 nitrogen and oxygen atoms in total. The third kappa shape index (κ3) is 6.03. The molecule has 0 aliphatic carbocycles. The van der Waals surface area contributed by atoms with E-state index in [0.29, 0.717) is 17.3 Å². The van der Waals surface area contributed by atoms with Crippen molar-refractivity contribution >= 4 is 17.5 Å². The van der Waals surface area contributed by atoms with Gasteiger partial charge in [0.25, 0.3) is 5.91 Å². The maximum absolute atomic E-state index is 12.0. The number of pyridine rings is 1. The Morgan fingerprint density at radius 3 is 2.89 bits per heavy atom. The van der Waals surface area contributed by atoms with Crippen LogP contribution in [0.5, 0.6) is 0 Å². The lowest BCUT2D eigenvalue weighted by molar-refractivity contribution is 0.0951. The highest BCUT2D eigenvalue weighted by molar-refractivity contribution is 6.29. The molecule has 1 amide bonds. The second-order valence-electron chi connectivity index (χ2n) is 4.38. The Morgan fingerprint density at radius 2 is 2.21 bits per heavy atom. The number of hydrogen-bond donors (Lipinski definition) is 1. The van der Waals surface area contributed by atoms with E-state index in [-0.39, 0.29) is 5.91 Å². The molecule has 1 aromatic heterocycles. The molecule has 1 N–H and O–H groups in total. The normalized spacial score (nSPS) is 10.5. The van der Waals surface area contributed by atoms with Crippen LogP contribution in [0.4, 0.5) is 0 Å². The number of nitrogens with zero attached hydrogens (tertiary/aromatic N) is 1. The van der Waals surface area contributed by atoms with Crippen molar-refractivity contribution in [1.82, 2.24) is 10.3 Å². The number of nitrogens with one attached hydrogen (secondary N) is 1. The van der Waals surface area contributed by atoms with Crippen LogP contribution in [0.15, 0.2) is 12.1 Å². The van der Waals surface area contributed by atoms with Crippen molar-refractivity contribution in [3.63, 3.8) is 0 Å². The molecule has 0 spiro atoms. The zero-order chi connectivity index (χ0) is 14.1. The van der Waals surface area contributed by atoms with Crippen molar-refractivity contribution in [2.24, 2.45) is 0 Å². The number of carbonyl (C=O) groups excluding carboxylic acids is 1. The highest BCUT2D eigenvalue weighted by Crippen LogP contribution is 2.12. The average molecular weight is 285 g/mol. The lowest BCUT2D eigenvalue weighted by Crippen LogP contribution is -2.25. The SMILES string of the molecule is CCCc1cc(C(=O)NCCCCOC)cc(Cl)n1. The minimum Gasteiger partial charge on any atom is -0.385 e. The van der Waals surface area contributed by atoms with Gasteiger partial charge < -0.3 is 10.1 Å². The van der Waals surface area contributed by atoms with Gasteiger partial charge in [0.05, 0.1) is 0 Å². The maximum Gasteiger partial charge on any atom is 0.251 e. The predicted octanol–water partition coefficient (Wildman–Crippen LogP) is 2.84. The fourth-order valence-electron chi connectivity index (χ4n) is 1.74. The van der Waals surface area contributed by atoms with Crippen LogP contribution in [0.2, 0.25) is 5.15 Å². The van der Waals surface area contributed by atoms with Crippen LogP contribution in [-0.4, -0.2) is 31.2 Å². The van der Waals surface area contributed by atoms with Crippen LogP contribution < -0.4 is 5.32 Å². The number of aryl methyl sites for hydroxylation is 1. The molecule has 5 heteroatoms. The van der Waals surface area contributed by atoms with Crippen LogP contribution in [0, 0.1) is 0 Å². The first kappa shape index (κ1) is 15.9. The van der Waals surface area contributed by atoms with E-state index in [4.69, 9.17) is 16.3 Å². The van der Waals surface area contributed by atoms with Gasteiger partial charge in [-0.3, -0.25) is 4.79 Å². The summed E-state index contributed by atoms with van der Waals surface area (Å²) in [4.78, 5) is 16.2. The number of hydrogen-bond acceptors (Lipinski definition) is 3. The molecular weight excluding hydrogens is 264 g/mol. The summed E-state index contributed by atoms with van der Waals surface area (Å²) in [6.07, 6.45) is 3.65. The summed E-state index contributed by atoms with van der Waals surface area (Å²) in [5.74, 6) is -0.0981. The van der Waals surface area contributed by atoms with Gasteiger partial charge in [-0.05, 0) is 31.4 Å². The molecule has 1 aromatic rings. The highest BCUT2D eigenvalue weighted by Gasteiger charge is 2.08. The van der Waals surface area contributed by atoms with E-state index < -0.39 is 0 Å². The molecule has 0 radical (unpaired) electrons. The van der Waals surface area contributed by atoms with Gasteiger partial charge >= 0.3 is 0 Å². The Morgan fingerprint density at radius 1 is 1.42 bits per heavy atom. The molecule has 0 unspecified atom stereocenters. The van der Waals surface area contributed by atoms with Crippen molar-refractivity contribution in [3.05, 3.63) is 28.5 Å². The Kier molecular flexibility index (Phi) is 7.45. The fraction of sp³-hybridized carbons (Fsp3) is 0.571. The van der Waals surface area contributed by atoms with Crippen LogP contribution in [0.1, 0.15) is 42.2 Å². The first-order valence-electron chi connectivity index (χ1n) is 6.61. The summed E-state index contributed by atoms with van der Waals surface area (Å²) in [5, 5.41) is 3.24. The van der Waals surface area contributed by atoms with Gasteiger partial charge in [-0.15, -0.1) is 0 Å². The zero-order valence-electron chi connectivity index (χ0n) is 11.5. The van der Waals surface area contributed by atoms with Gasteiger partial charge in [-0.25, -0.2) is 4.98 Å². The van der Waals surface area contributed by atoms with Crippen LogP contribution >= 0.6 is 11.6 Å². The Bertz CT molecular complexity index is 410. The van der Waals surface area contributed by atoms with Crippen LogP contribution in [-0.2, 0) is 11.2 Å². The molecule has 0 bridgehead atoms. The van der Waals surface area contributed by atoms with Gasteiger partial charge in [0.1, 0.15) is 5.15 Å². The maximum atomic E-state index is 12.0. The Balaban J connectivity index is 2.51. The van der Waals surface area contributed by atoms with E-state index in [1.165, 1.54) is 0 Å². The first-order chi connectivity index (χ1) is 9.17. The number of ether oxygens (including phenoxy) is 1. The summed E-state index contributed by atoms with van der Waals surface area (Å²) in [7, 11) is 1.67. The van der Waals surface area contributed by atoms with Crippen LogP contribution in [0.3, 0.4) is 0 Å². The van der Waals surface area contributed by atoms with Crippen molar-refractivity contribution in [1.29, 1.82) is 0 Å². The van der Waals surface area contributed by atoms with E-state index in [1.54, 1.807) is 19.2 Å². The second-order valence-corrected chi connectivity index (χ2v) is 4.76. The molecule has 106 valence electrons. The first-order valence-corrected chi connectivity index (χ1v) is 6.98. The Labute approximate surface area is 119 Å². The smallest absolute Gasteiger partial charge is 0.251 e. The van der Waals surface area contributed by atoms with E-state index in [0.717, 1.165) is 38.0 Å². The zero-order valence-corrected chi connectivity index (χ0v) is 12.3. The largest absolute Gasteiger partial charge is 0.385 e. The summed E-state index contributed by atoms with van der Waals surface area (Å²) < 4.78 is 4.95. The highest BCUT2D eigenvalue weighted by atomic mass is 35.5. The lowest BCUT2D eigenvalue weighted by Gasteiger charge is -2.07. The Hall–Kier alpha value is -1.13. The van der Waals surface area contributed by atoms with Gasteiger partial charge in [0.2, 0.25) is 0 Å². The molecule has 0 fully saturated rings. The molecular formula is C14H21ClN2O2. The molecule has 0 saturated heterocycles. The van der Waals surface area contributed by atoms with Gasteiger partial charge in [-0.2, -0.15) is 0 Å². The molecule has 19 heavy (non-hydrogen) atoms. The number of rotatable bonds is 8. The van der Waals surface area contributed by atoms with E-state index >= 15 is 0 Å². The van der Waals surface area contributed by atoms with E-state index in [9.17, 15) is 4.79 Å². The molecule has 1 rings (SSSR count). The lowest BCUT2D eigenvalue weighted by atomic mass is 10.1. The van der Waals surface area contributed by atoms with Gasteiger partial charge in [0, 0.05) is 31.5 Å². The number of aromatic nitrogens is 1. The van der Waals surface area contributed by atoms with Crippen LogP contribution in [0.25, 0.3) is 0 Å². The number of halogens is 1. The molecule has 0 aromatic carbocycles. The minimum atomic E-state index is -0.0981. The topological polar surface area (TPSA) is 51.2 Å². The number of unbranched alkanes of at least 4 members (excludes halogenated alkanes) is 1. The van der Waals surface area contributed by atoms with Crippen molar-refractivity contribution in [2.75, 3.05) is 20.3 Å². The third-order valence-corrected chi connectivity index (χ3v) is 2.87. The van der Waals surface area contributed by atoms with Gasteiger partial charge in [-0.1, -0.05) is 24.9 Å². The van der Waals surface area contributed by atoms with Crippen molar-refractivity contribution < 1.29 is 9.53 Å². The van der Waals surface area contributed by atoms with Gasteiger partial charge in [0.15, 0.2) is 0 Å². The second kappa shape index (κ2) is 8.88. The molecule has 0 atom stereocenters. The third-order valence-electron chi connectivity index (χ3n) is 2.68. The number of amides is 1. The number of methoxy groups -OCH3 is 1. The summed E-state index contributed by atoms with van der Waals surface area (Å²) in [5.41, 5.74) is 1.44. The predicted molar refractivity (Wildman–Crippen MR) is 76.7 cm³/mol. The fourth-order valence-corrected chi connectivity index (χ4v) is 1.97.